The van der Waals surface area contributed by atoms with Crippen LogP contribution in [0.3, 0.4) is 0 Å². The van der Waals surface area contributed by atoms with Crippen LogP contribution in [0, 0.1) is 0 Å². The molecule has 140 valence electrons. The van der Waals surface area contributed by atoms with Crippen molar-refractivity contribution in [3.05, 3.63) is 74.7 Å². The Bertz CT molecular complexity index is 941. The number of thioether (sulfide) groups is 1. The highest BCUT2D eigenvalue weighted by Gasteiger charge is 2.14. The van der Waals surface area contributed by atoms with Gasteiger partial charge in [-0.2, -0.15) is 0 Å². The standard InChI is InChI=1S/C18H16Cl2N4OS2/c1-2-7-24-16(10-21-17(25)15-4-3-8-26-15)22-23-18(24)27-11-12-5-6-13(19)9-14(12)20/h2-6,8-9H,1,7,10-11H2,(H,21,25). The maximum Gasteiger partial charge on any atom is 0.261 e. The van der Waals surface area contributed by atoms with Crippen molar-refractivity contribution < 1.29 is 4.79 Å². The maximum absolute atomic E-state index is 12.1. The maximum atomic E-state index is 12.1. The molecule has 0 aliphatic carbocycles. The van der Waals surface area contributed by atoms with Crippen molar-refractivity contribution >= 4 is 52.2 Å². The molecule has 9 heteroatoms. The van der Waals surface area contributed by atoms with Crippen LogP contribution >= 0.6 is 46.3 Å². The zero-order valence-electron chi connectivity index (χ0n) is 14.2. The van der Waals surface area contributed by atoms with Crippen molar-refractivity contribution in [1.82, 2.24) is 20.1 Å². The topological polar surface area (TPSA) is 59.8 Å². The summed E-state index contributed by atoms with van der Waals surface area (Å²) in [6.45, 7) is 4.63. The van der Waals surface area contributed by atoms with E-state index in [2.05, 4.69) is 22.1 Å². The Kier molecular flexibility index (Phi) is 6.95. The number of amides is 1. The first-order chi connectivity index (χ1) is 13.1. The number of aromatic nitrogens is 3. The molecule has 1 amide bonds. The number of rotatable bonds is 8. The lowest BCUT2D eigenvalue weighted by Crippen LogP contribution is -2.24. The summed E-state index contributed by atoms with van der Waals surface area (Å²) in [4.78, 5) is 12.8. The molecule has 27 heavy (non-hydrogen) atoms. The van der Waals surface area contributed by atoms with Gasteiger partial charge in [-0.25, -0.2) is 0 Å². The molecule has 0 fully saturated rings. The molecule has 0 spiro atoms. The first-order valence-corrected chi connectivity index (χ1v) is 10.6. The van der Waals surface area contributed by atoms with Gasteiger partial charge in [0.15, 0.2) is 11.0 Å². The Morgan fingerprint density at radius 3 is 2.89 bits per heavy atom. The Balaban J connectivity index is 1.68. The van der Waals surface area contributed by atoms with Gasteiger partial charge in [-0.05, 0) is 29.1 Å². The number of thiophene rings is 1. The number of hydrogen-bond donors (Lipinski definition) is 1. The van der Waals surface area contributed by atoms with Crippen molar-refractivity contribution in [2.24, 2.45) is 0 Å². The van der Waals surface area contributed by atoms with E-state index in [9.17, 15) is 4.79 Å². The van der Waals surface area contributed by atoms with Crippen LogP contribution < -0.4 is 5.32 Å². The second-order valence-corrected chi connectivity index (χ2v) is 8.22. The van der Waals surface area contributed by atoms with E-state index in [1.807, 2.05) is 28.1 Å². The monoisotopic (exact) mass is 438 g/mol. The molecule has 0 unspecified atom stereocenters. The zero-order chi connectivity index (χ0) is 19.2. The molecule has 0 aliphatic rings. The fourth-order valence-electron chi connectivity index (χ4n) is 2.30. The molecular weight excluding hydrogens is 423 g/mol. The Hall–Kier alpha value is -1.80. The summed E-state index contributed by atoms with van der Waals surface area (Å²) in [6, 6.07) is 9.05. The summed E-state index contributed by atoms with van der Waals surface area (Å²) in [5.74, 6) is 1.18. The summed E-state index contributed by atoms with van der Waals surface area (Å²) < 4.78 is 1.93. The van der Waals surface area contributed by atoms with Crippen LogP contribution in [-0.2, 0) is 18.8 Å². The van der Waals surface area contributed by atoms with E-state index < -0.39 is 0 Å². The van der Waals surface area contributed by atoms with Gasteiger partial charge in [0.2, 0.25) is 0 Å². The van der Waals surface area contributed by atoms with Crippen molar-refractivity contribution in [3.8, 4) is 0 Å². The van der Waals surface area contributed by atoms with Gasteiger partial charge in [0.1, 0.15) is 0 Å². The largest absolute Gasteiger partial charge is 0.344 e. The SMILES string of the molecule is C=CCn1c(CNC(=O)c2cccs2)nnc1SCc1ccc(Cl)cc1Cl. The lowest BCUT2D eigenvalue weighted by molar-refractivity contribution is 0.0953. The molecule has 2 heterocycles. The third-order valence-electron chi connectivity index (χ3n) is 3.63. The predicted octanol–water partition coefficient (Wildman–Crippen LogP) is 5.05. The van der Waals surface area contributed by atoms with E-state index in [0.29, 0.717) is 39.6 Å². The highest BCUT2D eigenvalue weighted by atomic mass is 35.5. The molecule has 3 aromatic rings. The van der Waals surface area contributed by atoms with E-state index in [1.165, 1.54) is 23.1 Å². The van der Waals surface area contributed by atoms with Gasteiger partial charge in [0.05, 0.1) is 11.4 Å². The Morgan fingerprint density at radius 2 is 2.19 bits per heavy atom. The van der Waals surface area contributed by atoms with Gasteiger partial charge in [-0.15, -0.1) is 28.1 Å². The molecule has 5 nitrogen and oxygen atoms in total. The van der Waals surface area contributed by atoms with E-state index in [4.69, 9.17) is 23.2 Å². The summed E-state index contributed by atoms with van der Waals surface area (Å²) in [6.07, 6.45) is 1.77. The number of halogens is 2. The molecule has 0 atom stereocenters. The highest BCUT2D eigenvalue weighted by molar-refractivity contribution is 7.98. The molecule has 1 N–H and O–H groups in total. The number of carbonyl (C=O) groups excluding carboxylic acids is 1. The van der Waals surface area contributed by atoms with Crippen LogP contribution in [-0.4, -0.2) is 20.7 Å². The van der Waals surface area contributed by atoms with Crippen LogP contribution in [0.15, 0.2) is 53.5 Å². The summed E-state index contributed by atoms with van der Waals surface area (Å²) >= 11 is 15.1. The van der Waals surface area contributed by atoms with Crippen LogP contribution in [0.4, 0.5) is 0 Å². The molecule has 1 aromatic carbocycles. The summed E-state index contributed by atoms with van der Waals surface area (Å²) in [5, 5.41) is 15.2. The van der Waals surface area contributed by atoms with E-state index in [0.717, 1.165) is 10.7 Å². The minimum absolute atomic E-state index is 0.125. The predicted molar refractivity (Wildman–Crippen MR) is 112 cm³/mol. The molecule has 0 saturated heterocycles. The Labute approximate surface area is 175 Å². The quantitative estimate of drug-likeness (QED) is 0.394. The zero-order valence-corrected chi connectivity index (χ0v) is 17.3. The minimum Gasteiger partial charge on any atom is -0.344 e. The molecule has 0 saturated carbocycles. The van der Waals surface area contributed by atoms with Crippen molar-refractivity contribution in [2.75, 3.05) is 0 Å². The number of benzene rings is 1. The van der Waals surface area contributed by atoms with Gasteiger partial charge in [-0.1, -0.05) is 53.2 Å². The first kappa shape index (κ1) is 19.9. The number of carbonyl (C=O) groups is 1. The molecule has 0 bridgehead atoms. The Morgan fingerprint density at radius 1 is 1.33 bits per heavy atom. The van der Waals surface area contributed by atoms with Gasteiger partial charge in [0, 0.05) is 22.3 Å². The third kappa shape index (κ3) is 5.13. The average molecular weight is 439 g/mol. The molecule has 3 rings (SSSR count). The highest BCUT2D eigenvalue weighted by Crippen LogP contribution is 2.28. The lowest BCUT2D eigenvalue weighted by Gasteiger charge is -2.09. The molecular formula is C18H16Cl2N4OS2. The van der Waals surface area contributed by atoms with Crippen molar-refractivity contribution in [1.29, 1.82) is 0 Å². The van der Waals surface area contributed by atoms with Crippen LogP contribution in [0.1, 0.15) is 21.1 Å². The van der Waals surface area contributed by atoms with Crippen LogP contribution in [0.25, 0.3) is 0 Å². The van der Waals surface area contributed by atoms with Crippen molar-refractivity contribution in [2.45, 2.75) is 24.0 Å². The molecule has 0 radical (unpaired) electrons. The third-order valence-corrected chi connectivity index (χ3v) is 6.10. The van der Waals surface area contributed by atoms with Gasteiger partial charge in [0.25, 0.3) is 5.91 Å². The average Bonchev–Trinajstić information content (AvgIpc) is 3.30. The van der Waals surface area contributed by atoms with E-state index in [-0.39, 0.29) is 5.91 Å². The smallest absolute Gasteiger partial charge is 0.261 e. The normalized spacial score (nSPS) is 10.7. The summed E-state index contributed by atoms with van der Waals surface area (Å²) in [7, 11) is 0. The number of allylic oxidation sites excluding steroid dienone is 1. The fraction of sp³-hybridized carbons (Fsp3) is 0.167. The second-order valence-electron chi connectivity index (χ2n) is 5.48. The number of hydrogen-bond acceptors (Lipinski definition) is 5. The molecule has 0 aliphatic heterocycles. The number of nitrogens with one attached hydrogen (secondary N) is 1. The number of nitrogens with zero attached hydrogens (tertiary/aromatic N) is 3. The lowest BCUT2D eigenvalue weighted by atomic mass is 10.2. The van der Waals surface area contributed by atoms with E-state index >= 15 is 0 Å². The van der Waals surface area contributed by atoms with Crippen LogP contribution in [0.2, 0.25) is 10.0 Å². The van der Waals surface area contributed by atoms with E-state index in [1.54, 1.807) is 18.2 Å². The second kappa shape index (κ2) is 9.41. The first-order valence-electron chi connectivity index (χ1n) is 8.00. The summed E-state index contributed by atoms with van der Waals surface area (Å²) in [5.41, 5.74) is 0.965. The fourth-order valence-corrected chi connectivity index (χ4v) is 4.47. The van der Waals surface area contributed by atoms with Gasteiger partial charge >= 0.3 is 0 Å². The van der Waals surface area contributed by atoms with Gasteiger partial charge in [-0.3, -0.25) is 4.79 Å². The van der Waals surface area contributed by atoms with Crippen LogP contribution in [0.5, 0.6) is 0 Å². The minimum atomic E-state index is -0.125. The van der Waals surface area contributed by atoms with Crippen molar-refractivity contribution in [3.63, 3.8) is 0 Å². The molecule has 2 aromatic heterocycles. The van der Waals surface area contributed by atoms with Gasteiger partial charge < -0.3 is 9.88 Å².